The van der Waals surface area contributed by atoms with Gasteiger partial charge in [0, 0.05) is 6.54 Å². The molecule has 1 aromatic heterocycles. The molecule has 0 amide bonds. The predicted octanol–water partition coefficient (Wildman–Crippen LogP) is 3.31. The third-order valence-electron chi connectivity index (χ3n) is 3.38. The maximum atomic E-state index is 12.3. The van der Waals surface area contributed by atoms with Gasteiger partial charge in [-0.15, -0.1) is 0 Å². The number of allylic oxidation sites excluding steroid dienone is 1. The fourth-order valence-corrected chi connectivity index (χ4v) is 2.40. The smallest absolute Gasteiger partial charge is 0.266 e. The van der Waals surface area contributed by atoms with Crippen LogP contribution >= 0.6 is 12.2 Å². The molecule has 120 valence electrons. The largest absolute Gasteiger partial charge is 0.494 e. The fraction of sp³-hybridized carbons (Fsp3) is 0.235. The van der Waals surface area contributed by atoms with E-state index in [2.05, 4.69) is 4.98 Å². The molecule has 0 aliphatic rings. The Morgan fingerprint density at radius 3 is 2.70 bits per heavy atom. The van der Waals surface area contributed by atoms with Crippen LogP contribution < -0.4 is 5.56 Å². The van der Waals surface area contributed by atoms with Crippen molar-refractivity contribution in [1.29, 1.82) is 0 Å². The quantitative estimate of drug-likeness (QED) is 0.484. The second kappa shape index (κ2) is 7.69. The Morgan fingerprint density at radius 2 is 2.04 bits per heavy atom. The zero-order valence-corrected chi connectivity index (χ0v) is 13.6. The summed E-state index contributed by atoms with van der Waals surface area (Å²) in [5.41, 5.74) is -0.139. The van der Waals surface area contributed by atoms with Crippen LogP contribution in [0.1, 0.15) is 35.7 Å². The van der Waals surface area contributed by atoms with E-state index in [0.29, 0.717) is 6.54 Å². The highest BCUT2D eigenvalue weighted by Gasteiger charge is 2.17. The van der Waals surface area contributed by atoms with Crippen LogP contribution in [0.5, 0.6) is 5.88 Å². The summed E-state index contributed by atoms with van der Waals surface area (Å²) in [7, 11) is 0. The number of nitrogens with zero attached hydrogens (tertiary/aromatic N) is 1. The summed E-state index contributed by atoms with van der Waals surface area (Å²) >= 11 is 5.05. The Kier molecular flexibility index (Phi) is 5.65. The molecule has 0 spiro atoms. The molecule has 23 heavy (non-hydrogen) atoms. The van der Waals surface area contributed by atoms with Gasteiger partial charge in [-0.25, -0.2) is 0 Å². The van der Waals surface area contributed by atoms with Gasteiger partial charge in [0.05, 0.1) is 0 Å². The predicted molar refractivity (Wildman–Crippen MR) is 92.3 cm³/mol. The second-order valence-electron chi connectivity index (χ2n) is 5.07. The van der Waals surface area contributed by atoms with Crippen molar-refractivity contribution in [3.8, 4) is 5.88 Å². The Balaban J connectivity index is 2.38. The lowest BCUT2D eigenvalue weighted by Gasteiger charge is -2.10. The van der Waals surface area contributed by atoms with E-state index in [1.165, 1.54) is 10.6 Å². The Labute approximate surface area is 138 Å². The van der Waals surface area contributed by atoms with Gasteiger partial charge in [-0.1, -0.05) is 49.8 Å². The summed E-state index contributed by atoms with van der Waals surface area (Å²) < 4.78 is 1.49. The average molecular weight is 330 g/mol. The highest BCUT2D eigenvalue weighted by molar-refractivity contribution is 7.71. The van der Waals surface area contributed by atoms with E-state index < -0.39 is 11.3 Å². The summed E-state index contributed by atoms with van der Waals surface area (Å²) in [5.74, 6) is -0.942. The summed E-state index contributed by atoms with van der Waals surface area (Å²) in [6.07, 6.45) is 4.55. The normalized spacial score (nSPS) is 11.0. The summed E-state index contributed by atoms with van der Waals surface area (Å²) in [5, 5.41) is 10.3. The first-order valence-electron chi connectivity index (χ1n) is 7.38. The Bertz CT molecular complexity index is 835. The number of ketones is 1. The molecule has 0 bridgehead atoms. The third-order valence-corrected chi connectivity index (χ3v) is 3.70. The van der Waals surface area contributed by atoms with Gasteiger partial charge in [-0.3, -0.25) is 19.1 Å². The van der Waals surface area contributed by atoms with Gasteiger partial charge in [0.1, 0.15) is 5.56 Å². The molecular formula is C17H18N2O3S. The molecule has 1 aromatic carbocycles. The lowest BCUT2D eigenvalue weighted by molar-refractivity contribution is 0.104. The molecule has 1 heterocycles. The molecule has 2 aromatic rings. The van der Waals surface area contributed by atoms with Gasteiger partial charge in [0.2, 0.25) is 5.88 Å². The summed E-state index contributed by atoms with van der Waals surface area (Å²) in [6.45, 7) is 2.45. The van der Waals surface area contributed by atoms with Crippen molar-refractivity contribution >= 4 is 24.1 Å². The number of carbonyl (C=O) groups is 1. The number of aromatic nitrogens is 2. The van der Waals surface area contributed by atoms with E-state index in [1.54, 1.807) is 6.08 Å². The van der Waals surface area contributed by atoms with Gasteiger partial charge in [-0.05, 0) is 30.3 Å². The number of hydrogen-bond acceptors (Lipinski definition) is 4. The Hall–Kier alpha value is -2.47. The van der Waals surface area contributed by atoms with Crippen LogP contribution in [0.15, 0.2) is 41.2 Å². The highest BCUT2D eigenvalue weighted by Crippen LogP contribution is 2.16. The molecule has 6 heteroatoms. The number of aromatic hydroxyl groups is 1. The van der Waals surface area contributed by atoms with Crippen molar-refractivity contribution in [2.45, 2.75) is 26.3 Å². The standard InChI is InChI=1S/C17H18N2O3S/c1-2-3-11-19-16(22)14(15(21)18-17(19)23)13(20)10-9-12-7-5-4-6-8-12/h4-10,22H,2-3,11H2,1H3,(H,18,21,23)/b10-9+. The second-order valence-corrected chi connectivity index (χ2v) is 5.46. The number of nitrogens with one attached hydrogen (secondary N) is 1. The minimum Gasteiger partial charge on any atom is -0.494 e. The molecule has 0 unspecified atom stereocenters. The molecule has 2 N–H and O–H groups in total. The van der Waals surface area contributed by atoms with Crippen LogP contribution in [0.2, 0.25) is 0 Å². The van der Waals surface area contributed by atoms with Crippen molar-refractivity contribution < 1.29 is 9.90 Å². The van der Waals surface area contributed by atoms with Crippen molar-refractivity contribution in [3.05, 3.63) is 62.7 Å². The van der Waals surface area contributed by atoms with E-state index in [1.807, 2.05) is 37.3 Å². The van der Waals surface area contributed by atoms with E-state index in [4.69, 9.17) is 12.2 Å². The minimum absolute atomic E-state index is 0.115. The number of rotatable bonds is 6. The zero-order chi connectivity index (χ0) is 16.8. The van der Waals surface area contributed by atoms with Gasteiger partial charge in [-0.2, -0.15) is 0 Å². The summed E-state index contributed by atoms with van der Waals surface area (Å²) in [6, 6.07) is 9.23. The topological polar surface area (TPSA) is 75.1 Å². The monoisotopic (exact) mass is 330 g/mol. The lowest BCUT2D eigenvalue weighted by atomic mass is 10.1. The van der Waals surface area contributed by atoms with Crippen molar-refractivity contribution in [2.75, 3.05) is 0 Å². The number of unbranched alkanes of at least 4 members (excludes halogenated alkanes) is 1. The number of hydrogen-bond donors (Lipinski definition) is 2. The number of aromatic amines is 1. The van der Waals surface area contributed by atoms with E-state index in [9.17, 15) is 14.7 Å². The lowest BCUT2D eigenvalue weighted by Crippen LogP contribution is -2.22. The van der Waals surface area contributed by atoms with Gasteiger partial charge >= 0.3 is 0 Å². The maximum absolute atomic E-state index is 12.3. The Morgan fingerprint density at radius 1 is 1.35 bits per heavy atom. The molecular weight excluding hydrogens is 312 g/mol. The first-order valence-corrected chi connectivity index (χ1v) is 7.79. The number of carbonyl (C=O) groups excluding carboxylic acids is 1. The molecule has 0 radical (unpaired) electrons. The van der Waals surface area contributed by atoms with Crippen molar-refractivity contribution in [2.24, 2.45) is 0 Å². The zero-order valence-electron chi connectivity index (χ0n) is 12.8. The molecule has 0 aliphatic heterocycles. The number of H-pyrrole nitrogens is 1. The van der Waals surface area contributed by atoms with Gasteiger partial charge in [0.25, 0.3) is 5.56 Å². The van der Waals surface area contributed by atoms with Gasteiger partial charge in [0.15, 0.2) is 10.6 Å². The van der Waals surface area contributed by atoms with Crippen LogP contribution in [0.4, 0.5) is 0 Å². The van der Waals surface area contributed by atoms with Crippen LogP contribution in [-0.2, 0) is 6.54 Å². The molecule has 0 saturated carbocycles. The van der Waals surface area contributed by atoms with Crippen LogP contribution in [0.25, 0.3) is 6.08 Å². The van der Waals surface area contributed by atoms with Crippen molar-refractivity contribution in [1.82, 2.24) is 9.55 Å². The molecule has 2 rings (SSSR count). The average Bonchev–Trinajstić information content (AvgIpc) is 2.53. The molecule has 0 aliphatic carbocycles. The molecule has 5 nitrogen and oxygen atoms in total. The van der Waals surface area contributed by atoms with E-state index >= 15 is 0 Å². The van der Waals surface area contributed by atoms with E-state index in [-0.39, 0.29) is 16.2 Å². The molecule has 0 atom stereocenters. The molecule has 0 fully saturated rings. The SMILES string of the molecule is CCCCn1c(O)c(C(=O)/C=C/c2ccccc2)c(=O)[nH]c1=S. The minimum atomic E-state index is -0.678. The fourth-order valence-electron chi connectivity index (χ4n) is 2.12. The number of benzene rings is 1. The molecule has 0 saturated heterocycles. The van der Waals surface area contributed by atoms with E-state index in [0.717, 1.165) is 18.4 Å². The van der Waals surface area contributed by atoms with Crippen LogP contribution in [0.3, 0.4) is 0 Å². The van der Waals surface area contributed by atoms with Crippen LogP contribution in [0, 0.1) is 4.77 Å². The maximum Gasteiger partial charge on any atom is 0.266 e. The highest BCUT2D eigenvalue weighted by atomic mass is 32.1. The first kappa shape index (κ1) is 16.9. The third kappa shape index (κ3) is 4.04. The summed E-state index contributed by atoms with van der Waals surface area (Å²) in [4.78, 5) is 26.7. The van der Waals surface area contributed by atoms with Gasteiger partial charge < -0.3 is 5.11 Å². The van der Waals surface area contributed by atoms with Crippen LogP contribution in [-0.4, -0.2) is 20.4 Å². The first-order chi connectivity index (χ1) is 11.0. The van der Waals surface area contributed by atoms with Crippen molar-refractivity contribution in [3.63, 3.8) is 0 Å².